The standard InChI is InChI=1S/C24H27ClN4O4S/c1-23(2,3)16-6-5-15(11-17(16)25)21(30)29-20(19-13-27-14-34-19)18(28-9-7-26-8-10-28)12-24(29,4)33-22(31)32/h5-9,11,13-14,18,20H,10,12H2,1-4H3,(H,31,32)/t18-,20+,24-/m0/s1. The van der Waals surface area contributed by atoms with Gasteiger partial charge in [0, 0.05) is 46.7 Å². The Kier molecular flexibility index (Phi) is 6.44. The first-order chi connectivity index (χ1) is 16.0. The van der Waals surface area contributed by atoms with Gasteiger partial charge in [-0.05, 0) is 30.0 Å². The van der Waals surface area contributed by atoms with Crippen molar-refractivity contribution in [3.05, 3.63) is 63.3 Å². The van der Waals surface area contributed by atoms with Crippen LogP contribution in [0.3, 0.4) is 0 Å². The smallest absolute Gasteiger partial charge is 0.450 e. The predicted octanol–water partition coefficient (Wildman–Crippen LogP) is 5.32. The maximum atomic E-state index is 14.0. The molecule has 180 valence electrons. The number of hydrogen-bond acceptors (Lipinski definition) is 7. The second kappa shape index (κ2) is 9.03. The molecule has 2 aliphatic rings. The molecule has 3 heterocycles. The van der Waals surface area contributed by atoms with Crippen LogP contribution < -0.4 is 0 Å². The maximum Gasteiger partial charge on any atom is 0.507 e. The summed E-state index contributed by atoms with van der Waals surface area (Å²) in [6.07, 6.45) is 5.85. The van der Waals surface area contributed by atoms with Crippen molar-refractivity contribution < 1.29 is 19.4 Å². The summed E-state index contributed by atoms with van der Waals surface area (Å²) >= 11 is 7.99. The normalized spacial score (nSPS) is 24.5. The second-order valence-corrected chi connectivity index (χ2v) is 10.9. The van der Waals surface area contributed by atoms with Gasteiger partial charge in [-0.2, -0.15) is 0 Å². The number of amides is 1. The van der Waals surface area contributed by atoms with E-state index in [9.17, 15) is 14.7 Å². The van der Waals surface area contributed by atoms with E-state index < -0.39 is 17.9 Å². The van der Waals surface area contributed by atoms with Gasteiger partial charge in [0.2, 0.25) is 0 Å². The summed E-state index contributed by atoms with van der Waals surface area (Å²) in [5.74, 6) is -0.360. The molecule has 0 bridgehead atoms. The quantitative estimate of drug-likeness (QED) is 0.568. The number of ether oxygens (including phenoxy) is 1. The summed E-state index contributed by atoms with van der Waals surface area (Å²) in [5, 5.41) is 10.0. The molecule has 3 atom stereocenters. The van der Waals surface area contributed by atoms with Gasteiger partial charge in [0.25, 0.3) is 5.91 Å². The zero-order valence-electron chi connectivity index (χ0n) is 19.4. The minimum absolute atomic E-state index is 0.189. The highest BCUT2D eigenvalue weighted by atomic mass is 35.5. The molecule has 1 amide bonds. The third kappa shape index (κ3) is 4.54. The van der Waals surface area contributed by atoms with Crippen molar-refractivity contribution in [3.8, 4) is 0 Å². The molecule has 1 N–H and O–H groups in total. The molecule has 0 unspecified atom stereocenters. The largest absolute Gasteiger partial charge is 0.507 e. The van der Waals surface area contributed by atoms with Crippen LogP contribution in [0.4, 0.5) is 4.79 Å². The number of nitrogens with zero attached hydrogens (tertiary/aromatic N) is 4. The highest BCUT2D eigenvalue weighted by molar-refractivity contribution is 7.09. The fourth-order valence-electron chi connectivity index (χ4n) is 4.70. The highest BCUT2D eigenvalue weighted by Gasteiger charge is 2.56. The number of carbonyl (C=O) groups excluding carboxylic acids is 1. The van der Waals surface area contributed by atoms with E-state index in [-0.39, 0.29) is 23.8 Å². The fourth-order valence-corrected chi connectivity index (χ4v) is 5.93. The lowest BCUT2D eigenvalue weighted by molar-refractivity contribution is -0.0845. The van der Waals surface area contributed by atoms with Crippen molar-refractivity contribution in [1.29, 1.82) is 0 Å². The number of carboxylic acid groups (broad SMARTS) is 1. The molecule has 2 aromatic rings. The summed E-state index contributed by atoms with van der Waals surface area (Å²) in [4.78, 5) is 38.5. The molecule has 0 aliphatic carbocycles. The number of rotatable bonds is 4. The SMILES string of the molecule is CC(C)(C)c1ccc(C(=O)N2[C@@H](c3cncs3)[C@@H](N3C=CN=CC3)C[C@]2(C)OC(=O)O)cc1Cl. The number of hydrogen-bond donors (Lipinski definition) is 1. The van der Waals surface area contributed by atoms with E-state index in [2.05, 4.69) is 9.98 Å². The average Bonchev–Trinajstić information content (AvgIpc) is 3.38. The Balaban J connectivity index is 1.81. The Morgan fingerprint density at radius 2 is 2.09 bits per heavy atom. The molecule has 4 rings (SSSR count). The van der Waals surface area contributed by atoms with E-state index in [1.165, 1.54) is 16.2 Å². The minimum atomic E-state index is -1.44. The lowest BCUT2D eigenvalue weighted by Gasteiger charge is -2.37. The van der Waals surface area contributed by atoms with Gasteiger partial charge < -0.3 is 14.7 Å². The van der Waals surface area contributed by atoms with Gasteiger partial charge in [-0.1, -0.05) is 38.4 Å². The number of thiazole rings is 1. The Morgan fingerprint density at radius 3 is 2.65 bits per heavy atom. The summed E-state index contributed by atoms with van der Waals surface area (Å²) in [6, 6.07) is 4.50. The van der Waals surface area contributed by atoms with Gasteiger partial charge in [0.15, 0.2) is 5.72 Å². The number of aliphatic imine (C=N–C) groups is 1. The van der Waals surface area contributed by atoms with E-state index in [1.54, 1.807) is 43.2 Å². The van der Waals surface area contributed by atoms with E-state index in [1.807, 2.05) is 37.9 Å². The van der Waals surface area contributed by atoms with Crippen LogP contribution >= 0.6 is 22.9 Å². The van der Waals surface area contributed by atoms with Gasteiger partial charge in [-0.25, -0.2) is 4.79 Å². The lowest BCUT2D eigenvalue weighted by atomic mass is 9.86. The van der Waals surface area contributed by atoms with Gasteiger partial charge in [0.05, 0.1) is 24.1 Å². The molecular weight excluding hydrogens is 476 g/mol. The van der Waals surface area contributed by atoms with Crippen molar-refractivity contribution >= 4 is 41.2 Å². The van der Waals surface area contributed by atoms with Gasteiger partial charge >= 0.3 is 6.16 Å². The highest BCUT2D eigenvalue weighted by Crippen LogP contribution is 2.48. The number of aromatic nitrogens is 1. The summed E-state index contributed by atoms with van der Waals surface area (Å²) < 4.78 is 5.40. The van der Waals surface area contributed by atoms with E-state index in [4.69, 9.17) is 16.3 Å². The number of likely N-dealkylation sites (tertiary alicyclic amines) is 1. The second-order valence-electron chi connectivity index (χ2n) is 9.61. The molecule has 1 aromatic carbocycles. The van der Waals surface area contributed by atoms with Gasteiger partial charge in [-0.3, -0.25) is 19.7 Å². The van der Waals surface area contributed by atoms with E-state index in [0.717, 1.165) is 10.4 Å². The Bertz CT molecular complexity index is 1140. The fraction of sp³-hybridized carbons (Fsp3) is 0.417. The van der Waals surface area contributed by atoms with Crippen LogP contribution in [-0.4, -0.2) is 56.5 Å². The Morgan fingerprint density at radius 1 is 1.32 bits per heavy atom. The molecule has 0 spiro atoms. The minimum Gasteiger partial charge on any atom is -0.450 e. The third-order valence-corrected chi connectivity index (χ3v) is 7.36. The van der Waals surface area contributed by atoms with Crippen LogP contribution in [0.25, 0.3) is 0 Å². The molecule has 0 radical (unpaired) electrons. The maximum absolute atomic E-state index is 14.0. The molecule has 0 saturated carbocycles. The first-order valence-electron chi connectivity index (χ1n) is 10.9. The number of halogens is 1. The first-order valence-corrected chi connectivity index (χ1v) is 12.1. The van der Waals surface area contributed by atoms with Crippen LogP contribution in [0.5, 0.6) is 0 Å². The van der Waals surface area contributed by atoms with Crippen molar-refractivity contribution in [1.82, 2.24) is 14.8 Å². The van der Waals surface area contributed by atoms with Crippen molar-refractivity contribution in [2.75, 3.05) is 6.54 Å². The van der Waals surface area contributed by atoms with E-state index >= 15 is 0 Å². The lowest BCUT2D eigenvalue weighted by Crippen LogP contribution is -2.49. The molecule has 10 heteroatoms. The van der Waals surface area contributed by atoms with Crippen LogP contribution in [0.2, 0.25) is 5.02 Å². The van der Waals surface area contributed by atoms with E-state index in [0.29, 0.717) is 17.1 Å². The molecule has 34 heavy (non-hydrogen) atoms. The summed E-state index contributed by atoms with van der Waals surface area (Å²) in [7, 11) is 0. The van der Waals surface area contributed by atoms with Crippen molar-refractivity contribution in [3.63, 3.8) is 0 Å². The van der Waals surface area contributed by atoms with Crippen molar-refractivity contribution in [2.24, 2.45) is 4.99 Å². The van der Waals surface area contributed by atoms with Gasteiger partial charge in [0.1, 0.15) is 0 Å². The number of carbonyl (C=O) groups is 2. The Labute approximate surface area is 207 Å². The summed E-state index contributed by atoms with van der Waals surface area (Å²) in [6.45, 7) is 8.32. The van der Waals surface area contributed by atoms with Crippen LogP contribution in [0.15, 0.2) is 47.3 Å². The topological polar surface area (TPSA) is 95.3 Å². The Hall–Kier alpha value is -2.91. The first kappa shape index (κ1) is 24.2. The van der Waals surface area contributed by atoms with Crippen molar-refractivity contribution in [2.45, 2.75) is 57.3 Å². The van der Waals surface area contributed by atoms with Gasteiger partial charge in [-0.15, -0.1) is 11.3 Å². The molecule has 1 aromatic heterocycles. The van der Waals surface area contributed by atoms with Crippen LogP contribution in [0.1, 0.15) is 61.0 Å². The average molecular weight is 503 g/mol. The summed E-state index contributed by atoms with van der Waals surface area (Å²) in [5.41, 5.74) is 1.40. The molecular formula is C24H27ClN4O4S. The molecule has 2 aliphatic heterocycles. The third-order valence-electron chi connectivity index (χ3n) is 6.20. The van der Waals surface area contributed by atoms with Crippen LogP contribution in [-0.2, 0) is 10.2 Å². The van der Waals surface area contributed by atoms with Crippen LogP contribution in [0, 0.1) is 0 Å². The predicted molar refractivity (Wildman–Crippen MR) is 131 cm³/mol. The zero-order chi connectivity index (χ0) is 24.7. The molecule has 1 saturated heterocycles. The number of benzene rings is 1. The monoisotopic (exact) mass is 502 g/mol. The zero-order valence-corrected chi connectivity index (χ0v) is 21.0. The molecule has 1 fully saturated rings. The molecule has 8 nitrogen and oxygen atoms in total.